The van der Waals surface area contributed by atoms with Crippen molar-refractivity contribution in [1.82, 2.24) is 0 Å². The normalized spacial score (nSPS) is 32.8. The second kappa shape index (κ2) is 6.72. The van der Waals surface area contributed by atoms with Gasteiger partial charge in [0.2, 0.25) is 0 Å². The van der Waals surface area contributed by atoms with Crippen LogP contribution in [0.1, 0.15) is 57.8 Å². The number of ether oxygens (including phenoxy) is 1. The van der Waals surface area contributed by atoms with Gasteiger partial charge in [-0.05, 0) is 38.0 Å². The van der Waals surface area contributed by atoms with Crippen LogP contribution in [0.5, 0.6) is 0 Å². The van der Waals surface area contributed by atoms with E-state index in [1.54, 1.807) is 0 Å². The van der Waals surface area contributed by atoms with Gasteiger partial charge in [-0.2, -0.15) is 0 Å². The first-order valence-corrected chi connectivity index (χ1v) is 7.29. The van der Waals surface area contributed by atoms with E-state index in [1.165, 1.54) is 32.1 Å². The Labute approximate surface area is 105 Å². The monoisotopic (exact) mass is 241 g/mol. The number of hydrogen-bond acceptors (Lipinski definition) is 3. The predicted molar refractivity (Wildman–Crippen MR) is 68.8 cm³/mol. The Morgan fingerprint density at radius 2 is 1.88 bits per heavy atom. The highest BCUT2D eigenvalue weighted by molar-refractivity contribution is 4.76. The molecule has 2 aliphatic rings. The van der Waals surface area contributed by atoms with E-state index in [0.29, 0.717) is 12.6 Å². The van der Waals surface area contributed by atoms with Crippen molar-refractivity contribution in [2.75, 3.05) is 6.61 Å². The summed E-state index contributed by atoms with van der Waals surface area (Å²) in [6, 6.07) is 0.306. The molecule has 2 fully saturated rings. The fourth-order valence-electron chi connectivity index (χ4n) is 3.28. The summed E-state index contributed by atoms with van der Waals surface area (Å²) in [5.74, 6) is 0.738. The molecule has 0 saturated heterocycles. The van der Waals surface area contributed by atoms with Gasteiger partial charge in [-0.3, -0.25) is 0 Å². The lowest BCUT2D eigenvalue weighted by Gasteiger charge is -2.27. The van der Waals surface area contributed by atoms with Gasteiger partial charge in [0.25, 0.3) is 0 Å². The van der Waals surface area contributed by atoms with E-state index in [9.17, 15) is 5.11 Å². The lowest BCUT2D eigenvalue weighted by molar-refractivity contribution is -0.0327. The molecule has 3 atom stereocenters. The van der Waals surface area contributed by atoms with Crippen molar-refractivity contribution < 1.29 is 9.84 Å². The second-order valence-electron chi connectivity index (χ2n) is 5.92. The molecule has 0 aliphatic heterocycles. The lowest BCUT2D eigenvalue weighted by Crippen LogP contribution is -2.34. The maximum absolute atomic E-state index is 9.95. The van der Waals surface area contributed by atoms with Crippen molar-refractivity contribution in [3.8, 4) is 0 Å². The van der Waals surface area contributed by atoms with Crippen molar-refractivity contribution in [3.63, 3.8) is 0 Å². The van der Waals surface area contributed by atoms with Gasteiger partial charge in [0.1, 0.15) is 0 Å². The molecule has 3 nitrogen and oxygen atoms in total. The summed E-state index contributed by atoms with van der Waals surface area (Å²) in [4.78, 5) is 0. The SMILES string of the molecule is NC1CCCC(OCC(O)CC2CCCC2)C1. The summed E-state index contributed by atoms with van der Waals surface area (Å²) >= 11 is 0. The van der Waals surface area contributed by atoms with Crippen LogP contribution in [-0.2, 0) is 4.74 Å². The molecule has 2 saturated carbocycles. The third kappa shape index (κ3) is 4.57. The molecule has 17 heavy (non-hydrogen) atoms. The first-order valence-electron chi connectivity index (χ1n) is 7.29. The largest absolute Gasteiger partial charge is 0.391 e. The molecule has 2 rings (SSSR count). The third-order valence-corrected chi connectivity index (χ3v) is 4.27. The first kappa shape index (κ1) is 13.3. The first-order chi connectivity index (χ1) is 8.24. The number of aliphatic hydroxyl groups is 1. The van der Waals surface area contributed by atoms with Gasteiger partial charge in [-0.15, -0.1) is 0 Å². The maximum atomic E-state index is 9.95. The molecule has 0 amide bonds. The number of nitrogens with two attached hydrogens (primary N) is 1. The van der Waals surface area contributed by atoms with Crippen LogP contribution in [0.15, 0.2) is 0 Å². The smallest absolute Gasteiger partial charge is 0.0776 e. The zero-order chi connectivity index (χ0) is 12.1. The Kier molecular flexibility index (Phi) is 5.26. The molecule has 3 heteroatoms. The van der Waals surface area contributed by atoms with Crippen molar-refractivity contribution in [2.45, 2.75) is 76.0 Å². The zero-order valence-electron chi connectivity index (χ0n) is 10.8. The minimum absolute atomic E-state index is 0.267. The highest BCUT2D eigenvalue weighted by Gasteiger charge is 2.22. The fourth-order valence-corrected chi connectivity index (χ4v) is 3.28. The van der Waals surface area contributed by atoms with Crippen LogP contribution in [0.3, 0.4) is 0 Å². The van der Waals surface area contributed by atoms with Crippen LogP contribution in [-0.4, -0.2) is 30.0 Å². The highest BCUT2D eigenvalue weighted by Crippen LogP contribution is 2.29. The molecule has 2 aliphatic carbocycles. The average Bonchev–Trinajstić information content (AvgIpc) is 2.79. The fraction of sp³-hybridized carbons (Fsp3) is 1.00. The molecule has 3 N–H and O–H groups in total. The van der Waals surface area contributed by atoms with Crippen LogP contribution in [0, 0.1) is 5.92 Å². The highest BCUT2D eigenvalue weighted by atomic mass is 16.5. The summed E-state index contributed by atoms with van der Waals surface area (Å²) in [6.45, 7) is 0.508. The standard InChI is InChI=1S/C14H27NO2/c15-12-6-3-7-14(9-12)17-10-13(16)8-11-4-1-2-5-11/h11-14,16H,1-10,15H2. The van der Waals surface area contributed by atoms with Crippen LogP contribution in [0.25, 0.3) is 0 Å². The summed E-state index contributed by atoms with van der Waals surface area (Å²) in [7, 11) is 0. The Balaban J connectivity index is 1.59. The topological polar surface area (TPSA) is 55.5 Å². The molecule has 0 bridgehead atoms. The number of hydrogen-bond donors (Lipinski definition) is 2. The second-order valence-corrected chi connectivity index (χ2v) is 5.92. The molecule has 0 aromatic carbocycles. The average molecular weight is 241 g/mol. The minimum atomic E-state index is -0.267. The summed E-state index contributed by atoms with van der Waals surface area (Å²) < 4.78 is 5.80. The van der Waals surface area contributed by atoms with E-state index in [2.05, 4.69) is 0 Å². The van der Waals surface area contributed by atoms with Gasteiger partial charge in [0.15, 0.2) is 0 Å². The van der Waals surface area contributed by atoms with Crippen LogP contribution in [0.4, 0.5) is 0 Å². The van der Waals surface area contributed by atoms with E-state index < -0.39 is 0 Å². The Bertz CT molecular complexity index is 216. The molecule has 0 heterocycles. The van der Waals surface area contributed by atoms with E-state index in [1.807, 2.05) is 0 Å². The van der Waals surface area contributed by atoms with E-state index >= 15 is 0 Å². The summed E-state index contributed by atoms with van der Waals surface area (Å²) in [5, 5.41) is 9.95. The molecule has 0 aromatic heterocycles. The molecule has 0 radical (unpaired) electrons. The lowest BCUT2D eigenvalue weighted by atomic mass is 9.93. The molecular weight excluding hydrogens is 214 g/mol. The Hall–Kier alpha value is -0.120. The molecular formula is C14H27NO2. The van der Waals surface area contributed by atoms with Gasteiger partial charge in [0.05, 0.1) is 18.8 Å². The summed E-state index contributed by atoms with van der Waals surface area (Å²) in [6.07, 6.45) is 10.6. The van der Waals surface area contributed by atoms with Crippen molar-refractivity contribution in [2.24, 2.45) is 11.7 Å². The van der Waals surface area contributed by atoms with E-state index in [0.717, 1.165) is 31.6 Å². The predicted octanol–water partition coefficient (Wildman–Crippen LogP) is 2.21. The molecule has 0 spiro atoms. The third-order valence-electron chi connectivity index (χ3n) is 4.27. The molecule has 100 valence electrons. The Morgan fingerprint density at radius 1 is 1.12 bits per heavy atom. The number of rotatable bonds is 5. The van der Waals surface area contributed by atoms with Crippen LogP contribution < -0.4 is 5.73 Å². The van der Waals surface area contributed by atoms with Gasteiger partial charge >= 0.3 is 0 Å². The van der Waals surface area contributed by atoms with Crippen molar-refractivity contribution in [3.05, 3.63) is 0 Å². The quantitative estimate of drug-likeness (QED) is 0.776. The molecule has 3 unspecified atom stereocenters. The van der Waals surface area contributed by atoms with E-state index in [4.69, 9.17) is 10.5 Å². The molecule has 0 aromatic rings. The van der Waals surface area contributed by atoms with Crippen LogP contribution in [0.2, 0.25) is 0 Å². The van der Waals surface area contributed by atoms with Gasteiger partial charge in [-0.1, -0.05) is 25.7 Å². The minimum Gasteiger partial charge on any atom is -0.391 e. The van der Waals surface area contributed by atoms with Gasteiger partial charge < -0.3 is 15.6 Å². The van der Waals surface area contributed by atoms with E-state index in [-0.39, 0.29) is 12.2 Å². The van der Waals surface area contributed by atoms with Crippen LogP contribution >= 0.6 is 0 Å². The number of aliphatic hydroxyl groups excluding tert-OH is 1. The van der Waals surface area contributed by atoms with Gasteiger partial charge in [0, 0.05) is 6.04 Å². The summed E-state index contributed by atoms with van der Waals surface area (Å²) in [5.41, 5.74) is 5.92. The maximum Gasteiger partial charge on any atom is 0.0776 e. The van der Waals surface area contributed by atoms with Gasteiger partial charge in [-0.25, -0.2) is 0 Å². The zero-order valence-corrected chi connectivity index (χ0v) is 10.8. The van der Waals surface area contributed by atoms with Crippen molar-refractivity contribution >= 4 is 0 Å². The Morgan fingerprint density at radius 3 is 2.59 bits per heavy atom. The van der Waals surface area contributed by atoms with Crippen molar-refractivity contribution in [1.29, 1.82) is 0 Å².